The zero-order valence-electron chi connectivity index (χ0n) is 12.9. The molecule has 0 saturated heterocycles. The van der Waals surface area contributed by atoms with Crippen molar-refractivity contribution in [2.45, 2.75) is 26.2 Å². The summed E-state index contributed by atoms with van der Waals surface area (Å²) in [4.78, 5) is 11.9. The first kappa shape index (κ1) is 17.6. The van der Waals surface area contributed by atoms with Crippen molar-refractivity contribution in [3.8, 4) is 5.75 Å². The van der Waals surface area contributed by atoms with Gasteiger partial charge in [-0.15, -0.1) is 0 Å². The number of halogens is 2. The summed E-state index contributed by atoms with van der Waals surface area (Å²) < 4.78 is 5.40. The van der Waals surface area contributed by atoms with Gasteiger partial charge in [-0.25, -0.2) is 0 Å². The monoisotopic (exact) mass is 351 g/mol. The van der Waals surface area contributed by atoms with Gasteiger partial charge in [0.05, 0.1) is 5.02 Å². The van der Waals surface area contributed by atoms with Gasteiger partial charge in [-0.3, -0.25) is 4.79 Å². The van der Waals surface area contributed by atoms with Gasteiger partial charge in [-0.05, 0) is 42.7 Å². The van der Waals surface area contributed by atoms with E-state index in [0.29, 0.717) is 15.8 Å². The molecule has 2 aromatic carbocycles. The number of ether oxygens (including phenoxy) is 1. The summed E-state index contributed by atoms with van der Waals surface area (Å²) in [5.41, 5.74) is 2.02. The third-order valence-corrected chi connectivity index (χ3v) is 4.13. The van der Waals surface area contributed by atoms with Crippen LogP contribution in [0.25, 0.3) is 0 Å². The van der Waals surface area contributed by atoms with Gasteiger partial charge in [0.15, 0.2) is 6.61 Å². The fraction of sp³-hybridized carbons (Fsp3) is 0.278. The van der Waals surface area contributed by atoms with E-state index < -0.39 is 0 Å². The highest BCUT2D eigenvalue weighted by Crippen LogP contribution is 2.31. The predicted molar refractivity (Wildman–Crippen MR) is 95.6 cm³/mol. The van der Waals surface area contributed by atoms with E-state index in [1.807, 2.05) is 24.3 Å². The van der Waals surface area contributed by atoms with E-state index >= 15 is 0 Å². The van der Waals surface area contributed by atoms with Crippen LogP contribution in [0.15, 0.2) is 42.5 Å². The lowest BCUT2D eigenvalue weighted by Crippen LogP contribution is -2.20. The molecule has 0 aliphatic heterocycles. The lowest BCUT2D eigenvalue weighted by molar-refractivity contribution is -0.118. The molecule has 0 aromatic heterocycles. The molecule has 0 aliphatic carbocycles. The molecular formula is C18H19Cl2NO2. The molecule has 5 heteroatoms. The Morgan fingerprint density at radius 2 is 1.87 bits per heavy atom. The number of nitrogens with one attached hydrogen (secondary N) is 1. The quantitative estimate of drug-likeness (QED) is 0.729. The van der Waals surface area contributed by atoms with Gasteiger partial charge in [-0.2, -0.15) is 0 Å². The van der Waals surface area contributed by atoms with Gasteiger partial charge in [-0.1, -0.05) is 54.7 Å². The smallest absolute Gasteiger partial charge is 0.262 e. The summed E-state index contributed by atoms with van der Waals surface area (Å²) in [5, 5.41) is 3.49. The molecular weight excluding hydrogens is 333 g/mol. The predicted octanol–water partition coefficient (Wildman–Crippen LogP) is 5.35. The molecule has 0 bridgehead atoms. The zero-order chi connectivity index (χ0) is 16.7. The third-order valence-electron chi connectivity index (χ3n) is 3.33. The fourth-order valence-electron chi connectivity index (χ4n) is 2.07. The van der Waals surface area contributed by atoms with Crippen LogP contribution in [0.2, 0.25) is 10.0 Å². The summed E-state index contributed by atoms with van der Waals surface area (Å²) in [6, 6.07) is 12.9. The lowest BCUT2D eigenvalue weighted by atomic mass is 10.1. The summed E-state index contributed by atoms with van der Waals surface area (Å²) >= 11 is 11.9. The van der Waals surface area contributed by atoms with Crippen LogP contribution in [0.1, 0.15) is 25.3 Å². The molecule has 23 heavy (non-hydrogen) atoms. The topological polar surface area (TPSA) is 38.3 Å². The van der Waals surface area contributed by atoms with Gasteiger partial charge in [0, 0.05) is 5.69 Å². The number of hydrogen-bond donors (Lipinski definition) is 1. The molecule has 0 fully saturated rings. The molecule has 0 radical (unpaired) electrons. The van der Waals surface area contributed by atoms with Gasteiger partial charge >= 0.3 is 0 Å². The molecule has 1 N–H and O–H groups in total. The second-order valence-electron chi connectivity index (χ2n) is 5.19. The van der Waals surface area contributed by atoms with Crippen molar-refractivity contribution in [1.82, 2.24) is 0 Å². The van der Waals surface area contributed by atoms with E-state index in [0.717, 1.165) is 12.1 Å². The maximum atomic E-state index is 11.9. The number of anilines is 1. The summed E-state index contributed by atoms with van der Waals surface area (Å²) in [6.45, 7) is 2.04. The van der Waals surface area contributed by atoms with Crippen LogP contribution in [0.5, 0.6) is 5.75 Å². The molecule has 122 valence electrons. The number of rotatable bonds is 7. The zero-order valence-corrected chi connectivity index (χ0v) is 14.5. The Bertz CT molecular complexity index is 657. The van der Waals surface area contributed by atoms with E-state index in [1.54, 1.807) is 18.2 Å². The van der Waals surface area contributed by atoms with Crippen LogP contribution in [0, 0.1) is 0 Å². The van der Waals surface area contributed by atoms with Crippen LogP contribution in [-0.4, -0.2) is 12.5 Å². The third kappa shape index (κ3) is 5.45. The second kappa shape index (κ2) is 8.80. The van der Waals surface area contributed by atoms with E-state index in [9.17, 15) is 4.79 Å². The summed E-state index contributed by atoms with van der Waals surface area (Å²) in [7, 11) is 0. The average molecular weight is 352 g/mol. The maximum absolute atomic E-state index is 11.9. The SMILES string of the molecule is CCCCc1ccc(NC(=O)COc2cccc(Cl)c2Cl)cc1. The van der Waals surface area contributed by atoms with Crippen LogP contribution < -0.4 is 10.1 Å². The molecule has 2 rings (SSSR count). The normalized spacial score (nSPS) is 10.4. The second-order valence-corrected chi connectivity index (χ2v) is 5.97. The average Bonchev–Trinajstić information content (AvgIpc) is 2.55. The van der Waals surface area contributed by atoms with Gasteiger partial charge in [0.25, 0.3) is 5.91 Å². The number of aryl methyl sites for hydroxylation is 1. The highest BCUT2D eigenvalue weighted by Gasteiger charge is 2.08. The molecule has 2 aromatic rings. The van der Waals surface area contributed by atoms with E-state index in [2.05, 4.69) is 12.2 Å². The molecule has 0 spiro atoms. The number of amides is 1. The maximum Gasteiger partial charge on any atom is 0.262 e. The molecule has 0 aliphatic rings. The first-order valence-corrected chi connectivity index (χ1v) is 8.31. The van der Waals surface area contributed by atoms with Crippen molar-refractivity contribution < 1.29 is 9.53 Å². The van der Waals surface area contributed by atoms with Crippen molar-refractivity contribution >= 4 is 34.8 Å². The standard InChI is InChI=1S/C18H19Cl2NO2/c1-2-3-5-13-8-10-14(11-9-13)21-17(22)12-23-16-7-4-6-15(19)18(16)20/h4,6-11H,2-3,5,12H2,1H3,(H,21,22). The Morgan fingerprint density at radius 1 is 1.13 bits per heavy atom. The Labute approximate surface area is 146 Å². The molecule has 0 heterocycles. The van der Waals surface area contributed by atoms with Crippen molar-refractivity contribution in [1.29, 1.82) is 0 Å². The fourth-order valence-corrected chi connectivity index (χ4v) is 2.42. The van der Waals surface area contributed by atoms with Gasteiger partial charge < -0.3 is 10.1 Å². The number of carbonyl (C=O) groups is 1. The van der Waals surface area contributed by atoms with E-state index in [1.165, 1.54) is 18.4 Å². The Morgan fingerprint density at radius 3 is 2.57 bits per heavy atom. The Kier molecular flexibility index (Phi) is 6.75. The molecule has 0 unspecified atom stereocenters. The van der Waals surface area contributed by atoms with Crippen molar-refractivity contribution in [3.63, 3.8) is 0 Å². The first-order valence-electron chi connectivity index (χ1n) is 7.55. The highest BCUT2D eigenvalue weighted by molar-refractivity contribution is 6.42. The largest absolute Gasteiger partial charge is 0.482 e. The number of hydrogen-bond acceptors (Lipinski definition) is 2. The van der Waals surface area contributed by atoms with Crippen LogP contribution >= 0.6 is 23.2 Å². The Balaban J connectivity index is 1.86. The Hall–Kier alpha value is -1.71. The first-order chi connectivity index (χ1) is 11.1. The van der Waals surface area contributed by atoms with Crippen molar-refractivity contribution in [3.05, 3.63) is 58.1 Å². The van der Waals surface area contributed by atoms with Crippen LogP contribution in [-0.2, 0) is 11.2 Å². The van der Waals surface area contributed by atoms with Crippen LogP contribution in [0.4, 0.5) is 5.69 Å². The van der Waals surface area contributed by atoms with E-state index in [-0.39, 0.29) is 12.5 Å². The van der Waals surface area contributed by atoms with Crippen LogP contribution in [0.3, 0.4) is 0 Å². The molecule has 0 saturated carbocycles. The van der Waals surface area contributed by atoms with Gasteiger partial charge in [0.1, 0.15) is 10.8 Å². The summed E-state index contributed by atoms with van der Waals surface area (Å²) in [6.07, 6.45) is 3.39. The molecule has 3 nitrogen and oxygen atoms in total. The van der Waals surface area contributed by atoms with Crippen molar-refractivity contribution in [2.75, 3.05) is 11.9 Å². The molecule has 0 atom stereocenters. The minimum absolute atomic E-state index is 0.127. The number of unbranched alkanes of at least 4 members (excludes halogenated alkanes) is 1. The molecule has 1 amide bonds. The lowest BCUT2D eigenvalue weighted by Gasteiger charge is -2.10. The van der Waals surface area contributed by atoms with Gasteiger partial charge in [0.2, 0.25) is 0 Å². The summed E-state index contributed by atoms with van der Waals surface area (Å²) in [5.74, 6) is 0.145. The number of benzene rings is 2. The minimum Gasteiger partial charge on any atom is -0.482 e. The number of carbonyl (C=O) groups excluding carboxylic acids is 1. The van der Waals surface area contributed by atoms with Crippen molar-refractivity contribution in [2.24, 2.45) is 0 Å². The minimum atomic E-state index is -0.248. The van der Waals surface area contributed by atoms with E-state index in [4.69, 9.17) is 27.9 Å². The highest BCUT2D eigenvalue weighted by atomic mass is 35.5.